The topological polar surface area (TPSA) is 158 Å². The van der Waals surface area contributed by atoms with Crippen LogP contribution in [0.3, 0.4) is 0 Å². The van der Waals surface area contributed by atoms with Crippen molar-refractivity contribution in [3.63, 3.8) is 0 Å². The predicted molar refractivity (Wildman–Crippen MR) is 151 cm³/mol. The van der Waals surface area contributed by atoms with Crippen LogP contribution < -0.4 is 22.1 Å². The van der Waals surface area contributed by atoms with Crippen LogP contribution in [0.1, 0.15) is 26.5 Å². The van der Waals surface area contributed by atoms with Crippen molar-refractivity contribution in [2.45, 2.75) is 13.0 Å². The maximum absolute atomic E-state index is 13.1. The second kappa shape index (κ2) is 10.8. The zero-order valence-electron chi connectivity index (χ0n) is 20.0. The first-order valence-electron chi connectivity index (χ1n) is 11.6. The summed E-state index contributed by atoms with van der Waals surface area (Å²) in [6.07, 6.45) is 0.0777. The van der Waals surface area contributed by atoms with Crippen molar-refractivity contribution in [1.82, 2.24) is 14.5 Å². The molecule has 192 valence electrons. The minimum atomic E-state index is -0.465. The second-order valence-electron chi connectivity index (χ2n) is 8.34. The van der Waals surface area contributed by atoms with Crippen molar-refractivity contribution < 1.29 is 14.4 Å². The van der Waals surface area contributed by atoms with Gasteiger partial charge in [-0.05, 0) is 30.3 Å². The van der Waals surface area contributed by atoms with E-state index in [0.29, 0.717) is 32.3 Å². The lowest BCUT2D eigenvalue weighted by Crippen LogP contribution is -2.18. The fraction of sp³-hybridized carbons (Fsp3) is 0.115. The van der Waals surface area contributed by atoms with Gasteiger partial charge in [-0.3, -0.25) is 19.7 Å². The molecule has 5 rings (SSSR count). The van der Waals surface area contributed by atoms with E-state index in [1.54, 1.807) is 28.8 Å². The number of carbonyl (C=O) groups excluding carboxylic acids is 3. The van der Waals surface area contributed by atoms with Gasteiger partial charge in [0.15, 0.2) is 10.9 Å². The Hall–Kier alpha value is -4.55. The molecular formula is C26H23N7O3S2. The van der Waals surface area contributed by atoms with Crippen LogP contribution in [0, 0.1) is 0 Å². The summed E-state index contributed by atoms with van der Waals surface area (Å²) in [5.41, 5.74) is 14.5. The van der Waals surface area contributed by atoms with Crippen LogP contribution in [0.5, 0.6) is 0 Å². The third-order valence-electron chi connectivity index (χ3n) is 5.71. The van der Waals surface area contributed by atoms with Gasteiger partial charge in [-0.15, -0.1) is 22.7 Å². The van der Waals surface area contributed by atoms with Crippen molar-refractivity contribution in [3.05, 3.63) is 76.5 Å². The molecule has 0 saturated heterocycles. The standard InChI is InChI=1S/C26H23N7O3S2/c27-23(35)10-11-33-19-7-6-16(29-13-20(34)15-4-2-1-3-5-15)12-17(19)31-26(33)32-24(36)22-9-8-21(38-22)18-14-37-25(28)30-18/h1-9,12,14,29H,10-11,13H2,(H2,27,35)(H2,28,30)(H,31,32,36). The third kappa shape index (κ3) is 5.56. The molecule has 0 spiro atoms. The Morgan fingerprint density at radius 3 is 2.55 bits per heavy atom. The molecule has 0 aliphatic carbocycles. The molecule has 10 nitrogen and oxygen atoms in total. The van der Waals surface area contributed by atoms with E-state index in [-0.39, 0.29) is 37.1 Å². The van der Waals surface area contributed by atoms with Crippen LogP contribution in [0.25, 0.3) is 21.6 Å². The van der Waals surface area contributed by atoms with Crippen LogP contribution in [0.2, 0.25) is 0 Å². The SMILES string of the molecule is NC(=O)CCn1c(NC(=O)c2ccc(-c3csc(N)n3)s2)nc2cc(NCC(=O)c3ccccc3)ccc21. The van der Waals surface area contributed by atoms with Crippen LogP contribution in [0.4, 0.5) is 16.8 Å². The van der Waals surface area contributed by atoms with Gasteiger partial charge >= 0.3 is 0 Å². The van der Waals surface area contributed by atoms with E-state index >= 15 is 0 Å². The molecule has 5 aromatic rings. The molecule has 0 aliphatic heterocycles. The molecule has 2 aromatic carbocycles. The maximum atomic E-state index is 13.1. The highest BCUT2D eigenvalue weighted by Gasteiger charge is 2.18. The molecular weight excluding hydrogens is 522 g/mol. The molecule has 2 amide bonds. The lowest BCUT2D eigenvalue weighted by molar-refractivity contribution is -0.118. The van der Waals surface area contributed by atoms with Gasteiger partial charge in [0.05, 0.1) is 33.0 Å². The normalized spacial score (nSPS) is 10.9. The second-order valence-corrected chi connectivity index (χ2v) is 10.3. The van der Waals surface area contributed by atoms with Gasteiger partial charge in [0.2, 0.25) is 11.9 Å². The smallest absolute Gasteiger partial charge is 0.268 e. The fourth-order valence-corrected chi connectivity index (χ4v) is 5.35. The number of thiazole rings is 1. The number of hydrogen-bond acceptors (Lipinski definition) is 9. The Kier molecular flexibility index (Phi) is 7.15. The first-order valence-corrected chi connectivity index (χ1v) is 13.3. The Labute approximate surface area is 225 Å². The highest BCUT2D eigenvalue weighted by molar-refractivity contribution is 7.18. The monoisotopic (exact) mass is 545 g/mol. The minimum Gasteiger partial charge on any atom is -0.378 e. The summed E-state index contributed by atoms with van der Waals surface area (Å²) in [7, 11) is 0. The maximum Gasteiger partial charge on any atom is 0.268 e. The van der Waals surface area contributed by atoms with E-state index in [9.17, 15) is 14.4 Å². The quantitative estimate of drug-likeness (QED) is 0.191. The molecule has 0 bridgehead atoms. The number of aromatic nitrogens is 3. The number of nitrogen functional groups attached to an aromatic ring is 1. The van der Waals surface area contributed by atoms with Gasteiger partial charge in [-0.25, -0.2) is 9.97 Å². The molecule has 3 heterocycles. The number of nitrogens with one attached hydrogen (secondary N) is 2. The number of rotatable bonds is 10. The Bertz CT molecular complexity index is 1640. The first-order chi connectivity index (χ1) is 18.4. The van der Waals surface area contributed by atoms with Crippen molar-refractivity contribution in [3.8, 4) is 10.6 Å². The summed E-state index contributed by atoms with van der Waals surface area (Å²) >= 11 is 2.63. The van der Waals surface area contributed by atoms with E-state index < -0.39 is 5.91 Å². The molecule has 0 saturated carbocycles. The van der Waals surface area contributed by atoms with Gasteiger partial charge in [0.25, 0.3) is 5.91 Å². The van der Waals surface area contributed by atoms with Gasteiger partial charge in [-0.1, -0.05) is 30.3 Å². The van der Waals surface area contributed by atoms with Gasteiger partial charge in [-0.2, -0.15) is 0 Å². The summed E-state index contributed by atoms with van der Waals surface area (Å²) in [6.45, 7) is 0.362. The van der Waals surface area contributed by atoms with E-state index in [0.717, 1.165) is 10.6 Å². The fourth-order valence-electron chi connectivity index (χ4n) is 3.85. The number of imidazole rings is 1. The Morgan fingerprint density at radius 1 is 1.00 bits per heavy atom. The number of carbonyl (C=O) groups is 3. The van der Waals surface area contributed by atoms with Crippen molar-refractivity contribution in [2.75, 3.05) is 22.9 Å². The van der Waals surface area contributed by atoms with Gasteiger partial charge < -0.3 is 21.4 Å². The van der Waals surface area contributed by atoms with Crippen LogP contribution in [-0.2, 0) is 11.3 Å². The number of anilines is 3. The molecule has 38 heavy (non-hydrogen) atoms. The largest absolute Gasteiger partial charge is 0.378 e. The highest BCUT2D eigenvalue weighted by Crippen LogP contribution is 2.31. The third-order valence-corrected chi connectivity index (χ3v) is 7.49. The molecule has 0 aliphatic rings. The Morgan fingerprint density at radius 2 is 1.82 bits per heavy atom. The zero-order chi connectivity index (χ0) is 26.6. The summed E-state index contributed by atoms with van der Waals surface area (Å²) < 4.78 is 1.74. The summed E-state index contributed by atoms with van der Waals surface area (Å²) in [4.78, 5) is 47.2. The molecule has 0 fully saturated rings. The number of benzene rings is 2. The average molecular weight is 546 g/mol. The number of aryl methyl sites for hydroxylation is 1. The molecule has 0 unspecified atom stereocenters. The van der Waals surface area contributed by atoms with Crippen LogP contribution >= 0.6 is 22.7 Å². The first kappa shape index (κ1) is 25.1. The molecule has 3 aromatic heterocycles. The number of thiophene rings is 1. The van der Waals surface area contributed by atoms with Gasteiger partial charge in [0.1, 0.15) is 0 Å². The van der Waals surface area contributed by atoms with Crippen molar-refractivity contribution in [1.29, 1.82) is 0 Å². The number of Topliss-reactive ketones (excluding diaryl/α,β-unsaturated/α-hetero) is 1. The molecule has 6 N–H and O–H groups in total. The van der Waals surface area contributed by atoms with E-state index in [4.69, 9.17) is 11.5 Å². The average Bonchev–Trinajstić information content (AvgIpc) is 3.64. The van der Waals surface area contributed by atoms with E-state index in [2.05, 4.69) is 20.6 Å². The van der Waals surface area contributed by atoms with Crippen molar-refractivity contribution >= 4 is 68.1 Å². The number of primary amides is 1. The highest BCUT2D eigenvalue weighted by atomic mass is 32.1. The van der Waals surface area contributed by atoms with E-state index in [1.165, 1.54) is 22.7 Å². The molecule has 12 heteroatoms. The predicted octanol–water partition coefficient (Wildman–Crippen LogP) is 4.23. The molecule has 0 radical (unpaired) electrons. The van der Waals surface area contributed by atoms with Crippen LogP contribution in [-0.4, -0.2) is 38.7 Å². The van der Waals surface area contributed by atoms with Crippen molar-refractivity contribution in [2.24, 2.45) is 5.73 Å². The number of nitrogens with two attached hydrogens (primary N) is 2. The molecule has 0 atom stereocenters. The zero-order valence-corrected chi connectivity index (χ0v) is 21.6. The lowest BCUT2D eigenvalue weighted by atomic mass is 10.1. The number of nitrogens with zero attached hydrogens (tertiary/aromatic N) is 3. The summed E-state index contributed by atoms with van der Waals surface area (Å²) in [5, 5.41) is 8.28. The number of amides is 2. The van der Waals surface area contributed by atoms with Crippen LogP contribution in [0.15, 0.2) is 66.0 Å². The number of hydrogen-bond donors (Lipinski definition) is 4. The number of fused-ring (bicyclic) bond motifs is 1. The summed E-state index contributed by atoms with van der Waals surface area (Å²) in [6, 6.07) is 18.0. The minimum absolute atomic E-state index is 0.0405. The number of ketones is 1. The Balaban J connectivity index is 1.37. The van der Waals surface area contributed by atoms with E-state index in [1.807, 2.05) is 41.8 Å². The lowest BCUT2D eigenvalue weighted by Gasteiger charge is -2.09. The van der Waals surface area contributed by atoms with Gasteiger partial charge in [0, 0.05) is 29.6 Å². The summed E-state index contributed by atoms with van der Waals surface area (Å²) in [5.74, 6) is -0.558.